The monoisotopic (exact) mass is 317 g/mol. The molecule has 0 aliphatic carbocycles. The molecular formula is C16H16ClN3S. The third kappa shape index (κ3) is 2.61. The number of nitrogens with one attached hydrogen (secondary N) is 1. The highest BCUT2D eigenvalue weighted by atomic mass is 35.5. The standard InChI is InChI=1S/C16H16ClN3S/c1-9(2)10-4-6-11(7-5-10)12-8-21-15-13(12)14(18-3)19-16(17)20-15/h4-9H,1-3H3,(H,18,19,20). The van der Waals surface area contributed by atoms with Gasteiger partial charge in [-0.1, -0.05) is 38.1 Å². The van der Waals surface area contributed by atoms with Crippen LogP contribution in [0.1, 0.15) is 25.3 Å². The van der Waals surface area contributed by atoms with Gasteiger partial charge in [-0.25, -0.2) is 9.97 Å². The van der Waals surface area contributed by atoms with E-state index in [1.807, 2.05) is 7.05 Å². The molecule has 0 aliphatic heterocycles. The average Bonchev–Trinajstić information content (AvgIpc) is 2.90. The highest BCUT2D eigenvalue weighted by Gasteiger charge is 2.14. The summed E-state index contributed by atoms with van der Waals surface area (Å²) < 4.78 is 0. The molecule has 0 bridgehead atoms. The Bertz CT molecular complexity index is 778. The van der Waals surface area contributed by atoms with E-state index in [9.17, 15) is 0 Å². The number of rotatable bonds is 3. The van der Waals surface area contributed by atoms with Gasteiger partial charge in [0.25, 0.3) is 0 Å². The molecular weight excluding hydrogens is 302 g/mol. The molecule has 0 atom stereocenters. The molecule has 0 aliphatic rings. The maximum Gasteiger partial charge on any atom is 0.225 e. The lowest BCUT2D eigenvalue weighted by Gasteiger charge is -2.08. The van der Waals surface area contributed by atoms with Crippen molar-refractivity contribution in [2.24, 2.45) is 0 Å². The van der Waals surface area contributed by atoms with Crippen molar-refractivity contribution in [3.8, 4) is 11.1 Å². The van der Waals surface area contributed by atoms with Crippen molar-refractivity contribution in [1.82, 2.24) is 9.97 Å². The van der Waals surface area contributed by atoms with Crippen LogP contribution in [0.4, 0.5) is 5.82 Å². The van der Waals surface area contributed by atoms with Gasteiger partial charge in [-0.15, -0.1) is 11.3 Å². The van der Waals surface area contributed by atoms with Crippen LogP contribution in [-0.4, -0.2) is 17.0 Å². The second-order valence-electron chi connectivity index (χ2n) is 5.20. The maximum absolute atomic E-state index is 5.96. The van der Waals surface area contributed by atoms with Crippen molar-refractivity contribution >= 4 is 39.0 Å². The Balaban J connectivity index is 2.16. The van der Waals surface area contributed by atoms with Crippen LogP contribution in [0.3, 0.4) is 0 Å². The van der Waals surface area contributed by atoms with Crippen LogP contribution >= 0.6 is 22.9 Å². The van der Waals surface area contributed by atoms with Gasteiger partial charge in [0.1, 0.15) is 10.6 Å². The van der Waals surface area contributed by atoms with E-state index in [0.717, 1.165) is 21.6 Å². The fourth-order valence-corrected chi connectivity index (χ4v) is 3.52. The van der Waals surface area contributed by atoms with E-state index < -0.39 is 0 Å². The fourth-order valence-electron chi connectivity index (χ4n) is 2.36. The van der Waals surface area contributed by atoms with Crippen molar-refractivity contribution in [1.29, 1.82) is 0 Å². The summed E-state index contributed by atoms with van der Waals surface area (Å²) in [5, 5.41) is 6.52. The first-order valence-corrected chi connectivity index (χ1v) is 8.08. The van der Waals surface area contributed by atoms with Gasteiger partial charge < -0.3 is 5.32 Å². The van der Waals surface area contributed by atoms with Crippen LogP contribution in [0.2, 0.25) is 5.28 Å². The van der Waals surface area contributed by atoms with Crippen LogP contribution in [0.25, 0.3) is 21.3 Å². The molecule has 2 aromatic heterocycles. The minimum absolute atomic E-state index is 0.274. The summed E-state index contributed by atoms with van der Waals surface area (Å²) in [7, 11) is 1.85. The molecule has 3 aromatic rings. The van der Waals surface area contributed by atoms with E-state index in [1.165, 1.54) is 11.1 Å². The number of halogens is 1. The molecule has 0 radical (unpaired) electrons. The number of hydrogen-bond acceptors (Lipinski definition) is 4. The molecule has 1 aromatic carbocycles. The maximum atomic E-state index is 5.96. The molecule has 0 unspecified atom stereocenters. The van der Waals surface area contributed by atoms with Crippen molar-refractivity contribution in [2.75, 3.05) is 12.4 Å². The molecule has 0 fully saturated rings. The summed E-state index contributed by atoms with van der Waals surface area (Å²) in [6.45, 7) is 4.40. The summed E-state index contributed by atoms with van der Waals surface area (Å²) in [4.78, 5) is 9.49. The molecule has 5 heteroatoms. The zero-order valence-corrected chi connectivity index (χ0v) is 13.7. The van der Waals surface area contributed by atoms with Crippen molar-refractivity contribution in [3.63, 3.8) is 0 Å². The fraction of sp³-hybridized carbons (Fsp3) is 0.250. The van der Waals surface area contributed by atoms with Gasteiger partial charge in [-0.3, -0.25) is 0 Å². The molecule has 0 amide bonds. The number of thiophene rings is 1. The predicted molar refractivity (Wildman–Crippen MR) is 91.5 cm³/mol. The van der Waals surface area contributed by atoms with Crippen LogP contribution in [0.15, 0.2) is 29.6 Å². The van der Waals surface area contributed by atoms with Crippen LogP contribution < -0.4 is 5.32 Å². The van der Waals surface area contributed by atoms with Crippen molar-refractivity contribution < 1.29 is 0 Å². The lowest BCUT2D eigenvalue weighted by Crippen LogP contribution is -1.95. The molecule has 108 valence electrons. The first kappa shape index (κ1) is 14.3. The number of fused-ring (bicyclic) bond motifs is 1. The Kier molecular flexibility index (Phi) is 3.83. The van der Waals surface area contributed by atoms with E-state index in [1.54, 1.807) is 11.3 Å². The molecule has 3 nitrogen and oxygen atoms in total. The van der Waals surface area contributed by atoms with E-state index >= 15 is 0 Å². The summed E-state index contributed by atoms with van der Waals surface area (Å²) in [6.07, 6.45) is 0. The van der Waals surface area contributed by atoms with Gasteiger partial charge in [0.15, 0.2) is 0 Å². The van der Waals surface area contributed by atoms with E-state index in [0.29, 0.717) is 5.92 Å². The number of hydrogen-bond donors (Lipinski definition) is 1. The normalized spacial score (nSPS) is 11.3. The number of benzene rings is 1. The van der Waals surface area contributed by atoms with Gasteiger partial charge in [0.05, 0.1) is 5.39 Å². The summed E-state index contributed by atoms with van der Waals surface area (Å²) in [5.74, 6) is 1.31. The van der Waals surface area contributed by atoms with Crippen molar-refractivity contribution in [2.45, 2.75) is 19.8 Å². The minimum atomic E-state index is 0.274. The summed E-state index contributed by atoms with van der Waals surface area (Å²) in [6, 6.07) is 8.67. The highest BCUT2D eigenvalue weighted by molar-refractivity contribution is 7.17. The van der Waals surface area contributed by atoms with Gasteiger partial charge in [0, 0.05) is 18.0 Å². The predicted octanol–water partition coefficient (Wildman–Crippen LogP) is 5.18. The Morgan fingerprint density at radius 1 is 1.14 bits per heavy atom. The summed E-state index contributed by atoms with van der Waals surface area (Å²) in [5.41, 5.74) is 3.66. The zero-order chi connectivity index (χ0) is 15.0. The quantitative estimate of drug-likeness (QED) is 0.677. The van der Waals surface area contributed by atoms with Crippen LogP contribution in [-0.2, 0) is 0 Å². The Hall–Kier alpha value is -1.65. The lowest BCUT2D eigenvalue weighted by molar-refractivity contribution is 0.867. The largest absolute Gasteiger partial charge is 0.372 e. The third-order valence-electron chi connectivity index (χ3n) is 3.53. The molecule has 21 heavy (non-hydrogen) atoms. The Morgan fingerprint density at radius 2 is 1.86 bits per heavy atom. The van der Waals surface area contributed by atoms with Gasteiger partial charge in [-0.2, -0.15) is 0 Å². The topological polar surface area (TPSA) is 37.8 Å². The number of aromatic nitrogens is 2. The average molecular weight is 318 g/mol. The highest BCUT2D eigenvalue weighted by Crippen LogP contribution is 2.37. The SMILES string of the molecule is CNc1nc(Cl)nc2scc(-c3ccc(C(C)C)cc3)c12. The molecule has 1 N–H and O–H groups in total. The molecule has 2 heterocycles. The smallest absolute Gasteiger partial charge is 0.225 e. The molecule has 0 spiro atoms. The Morgan fingerprint density at radius 3 is 2.48 bits per heavy atom. The van der Waals surface area contributed by atoms with Crippen LogP contribution in [0.5, 0.6) is 0 Å². The zero-order valence-electron chi connectivity index (χ0n) is 12.1. The van der Waals surface area contributed by atoms with Gasteiger partial charge in [-0.05, 0) is 28.6 Å². The second kappa shape index (κ2) is 5.62. The molecule has 3 rings (SSSR count). The first-order valence-electron chi connectivity index (χ1n) is 6.83. The lowest BCUT2D eigenvalue weighted by atomic mass is 9.99. The van der Waals surface area contributed by atoms with Crippen LogP contribution in [0, 0.1) is 0 Å². The van der Waals surface area contributed by atoms with Gasteiger partial charge >= 0.3 is 0 Å². The Labute approximate surface area is 133 Å². The number of nitrogens with zero attached hydrogens (tertiary/aromatic N) is 2. The van der Waals surface area contributed by atoms with Gasteiger partial charge in [0.2, 0.25) is 5.28 Å². The molecule has 0 saturated carbocycles. The summed E-state index contributed by atoms with van der Waals surface area (Å²) >= 11 is 7.55. The second-order valence-corrected chi connectivity index (χ2v) is 6.39. The van der Waals surface area contributed by atoms with E-state index in [4.69, 9.17) is 11.6 Å². The minimum Gasteiger partial charge on any atom is -0.372 e. The third-order valence-corrected chi connectivity index (χ3v) is 4.57. The molecule has 0 saturated heterocycles. The van der Waals surface area contributed by atoms with E-state index in [2.05, 4.69) is 58.8 Å². The van der Waals surface area contributed by atoms with Crippen molar-refractivity contribution in [3.05, 3.63) is 40.5 Å². The number of anilines is 1. The first-order chi connectivity index (χ1) is 10.1. The van der Waals surface area contributed by atoms with E-state index in [-0.39, 0.29) is 5.28 Å².